The lowest BCUT2D eigenvalue weighted by Gasteiger charge is -2.28. The number of benzene rings is 1. The fourth-order valence-corrected chi connectivity index (χ4v) is 4.38. The summed E-state index contributed by atoms with van der Waals surface area (Å²) in [6.07, 6.45) is 3.35. The van der Waals surface area contributed by atoms with E-state index in [-0.39, 0.29) is 18.5 Å². The van der Waals surface area contributed by atoms with Gasteiger partial charge in [-0.2, -0.15) is 0 Å². The van der Waals surface area contributed by atoms with Gasteiger partial charge in [-0.25, -0.2) is 23.1 Å². The van der Waals surface area contributed by atoms with Gasteiger partial charge >= 0.3 is 0 Å². The summed E-state index contributed by atoms with van der Waals surface area (Å²) in [6, 6.07) is 7.69. The number of hydroxylamine groups is 1. The van der Waals surface area contributed by atoms with Crippen molar-refractivity contribution < 1.29 is 31.9 Å². The molecule has 1 N–H and O–H groups in total. The van der Waals surface area contributed by atoms with Crippen molar-refractivity contribution in [1.82, 2.24) is 10.0 Å². The van der Waals surface area contributed by atoms with E-state index in [1.54, 1.807) is 24.3 Å². The molecular formula is C23H29FN2O7S. The Morgan fingerprint density at radius 3 is 2.59 bits per heavy atom. The summed E-state index contributed by atoms with van der Waals surface area (Å²) in [4.78, 5) is 30.7. The number of methoxy groups -OCH3 is 1. The second-order valence-electron chi connectivity index (χ2n) is 8.39. The Hall–Kier alpha value is -2.76. The van der Waals surface area contributed by atoms with Crippen LogP contribution in [0, 0.1) is 5.82 Å². The number of aryl methyl sites for hydroxylation is 1. The number of hydrogen-bond donors (Lipinski definition) is 1. The fraction of sp³-hybridized carbons (Fsp3) is 0.478. The summed E-state index contributed by atoms with van der Waals surface area (Å²) in [5.74, 6) is -0.949. The van der Waals surface area contributed by atoms with Crippen LogP contribution in [0.25, 0.3) is 11.1 Å². The maximum absolute atomic E-state index is 14.8. The summed E-state index contributed by atoms with van der Waals surface area (Å²) in [5, 5.41) is 0. The van der Waals surface area contributed by atoms with Crippen LogP contribution in [0.3, 0.4) is 0 Å². The van der Waals surface area contributed by atoms with E-state index in [0.717, 1.165) is 35.9 Å². The quantitative estimate of drug-likeness (QED) is 0.531. The maximum atomic E-state index is 14.8. The van der Waals surface area contributed by atoms with E-state index in [1.165, 1.54) is 14.0 Å². The van der Waals surface area contributed by atoms with Crippen LogP contribution in [-0.2, 0) is 30.8 Å². The average molecular weight is 497 g/mol. The molecule has 2 aromatic rings. The summed E-state index contributed by atoms with van der Waals surface area (Å²) in [6.45, 7) is 1.54. The number of halogens is 1. The van der Waals surface area contributed by atoms with Crippen molar-refractivity contribution in [3.8, 4) is 16.9 Å². The molecule has 1 aromatic heterocycles. The molecule has 2 atom stereocenters. The molecule has 0 saturated carbocycles. The molecular weight excluding hydrogens is 467 g/mol. The minimum atomic E-state index is -3.92. The highest BCUT2D eigenvalue weighted by molar-refractivity contribution is 7.92. The molecule has 1 aliphatic rings. The van der Waals surface area contributed by atoms with Crippen molar-refractivity contribution in [2.45, 2.75) is 50.2 Å². The largest absolute Gasteiger partial charge is 0.497 e. The Morgan fingerprint density at radius 2 is 2.00 bits per heavy atom. The first-order chi connectivity index (χ1) is 16.0. The van der Waals surface area contributed by atoms with Crippen LogP contribution in [0.15, 0.2) is 41.3 Å². The molecule has 0 radical (unpaired) electrons. The van der Waals surface area contributed by atoms with Crippen molar-refractivity contribution in [3.05, 3.63) is 52.7 Å². The van der Waals surface area contributed by atoms with Crippen LogP contribution in [0.4, 0.5) is 4.39 Å². The Morgan fingerprint density at radius 1 is 1.29 bits per heavy atom. The summed E-state index contributed by atoms with van der Waals surface area (Å²) in [7, 11) is -2.41. The van der Waals surface area contributed by atoms with Crippen molar-refractivity contribution >= 4 is 15.7 Å². The highest BCUT2D eigenvalue weighted by atomic mass is 32.2. The summed E-state index contributed by atoms with van der Waals surface area (Å²) >= 11 is 0. The number of carbonyl (C=O) groups excluding carboxylic acids is 1. The number of nitrogens with one attached hydrogen (secondary N) is 1. The average Bonchev–Trinajstić information content (AvgIpc) is 2.82. The van der Waals surface area contributed by atoms with Gasteiger partial charge in [-0.05, 0) is 43.9 Å². The number of hydrogen-bond acceptors (Lipinski definition) is 7. The molecule has 34 heavy (non-hydrogen) atoms. The number of carbonyl (C=O) groups is 1. The molecule has 1 aromatic carbocycles. The van der Waals surface area contributed by atoms with Crippen LogP contribution >= 0.6 is 0 Å². The predicted molar refractivity (Wildman–Crippen MR) is 123 cm³/mol. The molecule has 3 rings (SSSR count). The van der Waals surface area contributed by atoms with E-state index >= 15 is 0 Å². The molecule has 2 heterocycles. The molecule has 1 amide bonds. The first kappa shape index (κ1) is 25.9. The molecule has 9 nitrogen and oxygen atoms in total. The Kier molecular flexibility index (Phi) is 8.11. The molecule has 11 heteroatoms. The number of ether oxygens (including phenoxy) is 2. The van der Waals surface area contributed by atoms with E-state index in [0.29, 0.717) is 24.3 Å². The first-order valence-corrected chi connectivity index (χ1v) is 12.8. The van der Waals surface area contributed by atoms with Gasteiger partial charge in [-0.3, -0.25) is 9.59 Å². The van der Waals surface area contributed by atoms with Crippen molar-refractivity contribution in [3.63, 3.8) is 0 Å². The first-order valence-electron chi connectivity index (χ1n) is 10.9. The summed E-state index contributed by atoms with van der Waals surface area (Å²) < 4.78 is 49.4. The summed E-state index contributed by atoms with van der Waals surface area (Å²) in [5.41, 5.74) is 2.25. The van der Waals surface area contributed by atoms with Gasteiger partial charge in [0.25, 0.3) is 11.5 Å². The van der Waals surface area contributed by atoms with Gasteiger partial charge in [0.2, 0.25) is 0 Å². The minimum absolute atomic E-state index is 0.105. The third kappa shape index (κ3) is 5.83. The standard InChI is InChI=1S/C23H29FN2O7S/c1-23(34(3,29)30,22(28)25-33-21-6-4-5-13-32-21)11-12-26-15-19(24)18(14-20(26)27)16-7-9-17(31-2)10-8-16/h7-10,14-15,21H,4-6,11-13H2,1-3H3,(H,25,28)/t21?,23-/m1/s1. The number of sulfone groups is 1. The van der Waals surface area contributed by atoms with Crippen LogP contribution in [0.2, 0.25) is 0 Å². The lowest BCUT2D eigenvalue weighted by molar-refractivity contribution is -0.201. The molecule has 1 aliphatic heterocycles. The normalized spacial score (nSPS) is 18.2. The Labute approximate surface area is 197 Å². The van der Waals surface area contributed by atoms with Crippen LogP contribution in [0.1, 0.15) is 32.6 Å². The number of nitrogens with zero attached hydrogens (tertiary/aromatic N) is 1. The topological polar surface area (TPSA) is 113 Å². The zero-order valence-corrected chi connectivity index (χ0v) is 20.2. The SMILES string of the molecule is COc1ccc(-c2cc(=O)n(CC[C@](C)(C(=O)NOC3CCCCO3)S(C)(=O)=O)cc2F)cc1. The number of pyridine rings is 1. The molecule has 1 saturated heterocycles. The third-order valence-corrected chi connectivity index (χ3v) is 8.05. The fourth-order valence-electron chi connectivity index (χ4n) is 3.54. The van der Waals surface area contributed by atoms with Crippen molar-refractivity contribution in [2.24, 2.45) is 0 Å². The van der Waals surface area contributed by atoms with Gasteiger partial charge in [0.05, 0.1) is 7.11 Å². The Balaban J connectivity index is 1.76. The van der Waals surface area contributed by atoms with Gasteiger partial charge in [0, 0.05) is 43.7 Å². The molecule has 0 bridgehead atoms. The van der Waals surface area contributed by atoms with Crippen molar-refractivity contribution in [2.75, 3.05) is 20.0 Å². The third-order valence-electron chi connectivity index (χ3n) is 6.03. The van der Waals surface area contributed by atoms with Gasteiger partial charge in [0.1, 0.15) is 11.6 Å². The second kappa shape index (κ2) is 10.7. The monoisotopic (exact) mass is 496 g/mol. The second-order valence-corrected chi connectivity index (χ2v) is 10.8. The van der Waals surface area contributed by atoms with E-state index in [4.69, 9.17) is 14.3 Å². The number of rotatable bonds is 9. The zero-order valence-electron chi connectivity index (χ0n) is 19.4. The zero-order chi connectivity index (χ0) is 24.9. The lowest BCUT2D eigenvalue weighted by atomic mass is 10.1. The minimum Gasteiger partial charge on any atom is -0.497 e. The van der Waals surface area contributed by atoms with E-state index in [2.05, 4.69) is 5.48 Å². The molecule has 0 aliphatic carbocycles. The van der Waals surface area contributed by atoms with Crippen LogP contribution in [0.5, 0.6) is 5.75 Å². The number of amides is 1. The Bertz CT molecular complexity index is 1170. The number of aromatic nitrogens is 1. The van der Waals surface area contributed by atoms with E-state index in [9.17, 15) is 22.4 Å². The highest BCUT2D eigenvalue weighted by Crippen LogP contribution is 2.25. The molecule has 1 unspecified atom stereocenters. The highest BCUT2D eigenvalue weighted by Gasteiger charge is 2.44. The van der Waals surface area contributed by atoms with Gasteiger partial charge in [0.15, 0.2) is 20.9 Å². The lowest BCUT2D eigenvalue weighted by Crippen LogP contribution is -2.51. The molecule has 1 fully saturated rings. The van der Waals surface area contributed by atoms with E-state index < -0.39 is 38.2 Å². The molecule has 186 valence electrons. The van der Waals surface area contributed by atoms with Crippen LogP contribution < -0.4 is 15.8 Å². The van der Waals surface area contributed by atoms with Gasteiger partial charge in [-0.1, -0.05) is 12.1 Å². The van der Waals surface area contributed by atoms with Gasteiger partial charge in [-0.15, -0.1) is 0 Å². The van der Waals surface area contributed by atoms with Crippen molar-refractivity contribution in [1.29, 1.82) is 0 Å². The molecule has 0 spiro atoms. The van der Waals surface area contributed by atoms with Gasteiger partial charge < -0.3 is 14.0 Å². The van der Waals surface area contributed by atoms with E-state index in [1.807, 2.05) is 0 Å². The maximum Gasteiger partial charge on any atom is 0.264 e. The van der Waals surface area contributed by atoms with Crippen LogP contribution in [-0.4, -0.2) is 49.9 Å². The smallest absolute Gasteiger partial charge is 0.264 e. The predicted octanol–water partition coefficient (Wildman–Crippen LogP) is 2.43.